The van der Waals surface area contributed by atoms with Crippen LogP contribution in [0.4, 0.5) is 0 Å². The maximum atomic E-state index is 12.7. The average Bonchev–Trinajstić information content (AvgIpc) is 3.12. The number of rotatable bonds is 9. The molecule has 0 radical (unpaired) electrons. The molecule has 0 aliphatic carbocycles. The van der Waals surface area contributed by atoms with Crippen LogP contribution in [0.1, 0.15) is 29.7 Å². The highest BCUT2D eigenvalue weighted by atomic mass is 32.1. The number of benzene rings is 1. The summed E-state index contributed by atoms with van der Waals surface area (Å²) in [5.41, 5.74) is 0.966. The van der Waals surface area contributed by atoms with Crippen LogP contribution >= 0.6 is 11.3 Å². The van der Waals surface area contributed by atoms with Crippen molar-refractivity contribution >= 4 is 23.2 Å². The molecule has 1 aromatic heterocycles. The Bertz CT molecular complexity index is 668. The van der Waals surface area contributed by atoms with Crippen molar-refractivity contribution in [3.63, 3.8) is 0 Å². The Labute approximate surface area is 152 Å². The van der Waals surface area contributed by atoms with Gasteiger partial charge in [-0.05, 0) is 42.0 Å². The molecule has 1 atom stereocenters. The second-order valence-corrected chi connectivity index (χ2v) is 6.77. The molecule has 1 unspecified atom stereocenters. The SMILES string of the molecule is COc1ccc(C(Cc2cccs2)C(=O)NCCCNC(C)=O)cc1. The van der Waals surface area contributed by atoms with E-state index in [-0.39, 0.29) is 17.7 Å². The Morgan fingerprint density at radius 3 is 2.44 bits per heavy atom. The molecule has 2 aromatic rings. The van der Waals surface area contributed by atoms with Crippen LogP contribution < -0.4 is 15.4 Å². The summed E-state index contributed by atoms with van der Waals surface area (Å²) in [5, 5.41) is 7.73. The minimum absolute atomic E-state index is 0.00129. The Morgan fingerprint density at radius 2 is 1.84 bits per heavy atom. The standard InChI is InChI=1S/C19H24N2O3S/c1-14(22)20-10-4-11-21-19(23)18(13-17-5-3-12-25-17)15-6-8-16(24-2)9-7-15/h3,5-9,12,18H,4,10-11,13H2,1-2H3,(H,20,22)(H,21,23). The van der Waals surface area contributed by atoms with Crippen LogP contribution in [0.25, 0.3) is 0 Å². The molecule has 1 aromatic carbocycles. The van der Waals surface area contributed by atoms with E-state index in [1.165, 1.54) is 11.8 Å². The summed E-state index contributed by atoms with van der Waals surface area (Å²) in [5.74, 6) is 0.473. The monoisotopic (exact) mass is 360 g/mol. The molecule has 0 fully saturated rings. The van der Waals surface area contributed by atoms with Crippen LogP contribution in [0.2, 0.25) is 0 Å². The van der Waals surface area contributed by atoms with Gasteiger partial charge in [-0.3, -0.25) is 9.59 Å². The van der Waals surface area contributed by atoms with E-state index in [2.05, 4.69) is 10.6 Å². The third-order valence-electron chi connectivity index (χ3n) is 3.85. The quantitative estimate of drug-likeness (QED) is 0.676. The molecular formula is C19H24N2O3S. The highest BCUT2D eigenvalue weighted by molar-refractivity contribution is 7.09. The number of carbonyl (C=O) groups excluding carboxylic acids is 2. The van der Waals surface area contributed by atoms with Crippen molar-refractivity contribution in [1.29, 1.82) is 0 Å². The van der Waals surface area contributed by atoms with Crippen molar-refractivity contribution in [2.75, 3.05) is 20.2 Å². The van der Waals surface area contributed by atoms with E-state index in [1.807, 2.05) is 41.8 Å². The van der Waals surface area contributed by atoms with Gasteiger partial charge in [0.15, 0.2) is 0 Å². The molecule has 0 saturated heterocycles. The molecule has 0 aliphatic rings. The summed E-state index contributed by atoms with van der Waals surface area (Å²) in [7, 11) is 1.62. The normalized spacial score (nSPS) is 11.6. The maximum absolute atomic E-state index is 12.7. The first kappa shape index (κ1) is 19.0. The highest BCUT2D eigenvalue weighted by Gasteiger charge is 2.21. The Hall–Kier alpha value is -2.34. The number of methoxy groups -OCH3 is 1. The molecule has 2 rings (SSSR count). The lowest BCUT2D eigenvalue weighted by Crippen LogP contribution is -2.33. The molecule has 0 saturated carbocycles. The molecule has 1 heterocycles. The largest absolute Gasteiger partial charge is 0.497 e. The van der Waals surface area contributed by atoms with E-state index in [1.54, 1.807) is 18.4 Å². The third-order valence-corrected chi connectivity index (χ3v) is 4.75. The Balaban J connectivity index is 2.00. The van der Waals surface area contributed by atoms with Gasteiger partial charge in [0.05, 0.1) is 13.0 Å². The zero-order valence-corrected chi connectivity index (χ0v) is 15.4. The summed E-state index contributed by atoms with van der Waals surface area (Å²) in [6.07, 6.45) is 1.38. The van der Waals surface area contributed by atoms with E-state index in [9.17, 15) is 9.59 Å². The topological polar surface area (TPSA) is 67.4 Å². The Morgan fingerprint density at radius 1 is 1.12 bits per heavy atom. The van der Waals surface area contributed by atoms with E-state index in [4.69, 9.17) is 4.74 Å². The van der Waals surface area contributed by atoms with Crippen LogP contribution in [-0.2, 0) is 16.0 Å². The van der Waals surface area contributed by atoms with Crippen molar-refractivity contribution in [2.24, 2.45) is 0 Å². The van der Waals surface area contributed by atoms with E-state index in [0.717, 1.165) is 11.3 Å². The first-order valence-electron chi connectivity index (χ1n) is 8.28. The number of nitrogens with one attached hydrogen (secondary N) is 2. The number of carbonyl (C=O) groups is 2. The highest BCUT2D eigenvalue weighted by Crippen LogP contribution is 2.25. The lowest BCUT2D eigenvalue weighted by molar-refractivity contribution is -0.122. The van der Waals surface area contributed by atoms with Gasteiger partial charge in [0.1, 0.15) is 5.75 Å². The minimum Gasteiger partial charge on any atom is -0.497 e. The molecule has 25 heavy (non-hydrogen) atoms. The molecule has 2 amide bonds. The van der Waals surface area contributed by atoms with Gasteiger partial charge in [-0.1, -0.05) is 18.2 Å². The van der Waals surface area contributed by atoms with Crippen LogP contribution in [0.5, 0.6) is 5.75 Å². The van der Waals surface area contributed by atoms with Gasteiger partial charge in [-0.25, -0.2) is 0 Å². The number of hydrogen-bond donors (Lipinski definition) is 2. The second kappa shape index (κ2) is 9.84. The van der Waals surface area contributed by atoms with Crippen molar-refractivity contribution < 1.29 is 14.3 Å². The molecule has 0 aliphatic heterocycles. The van der Waals surface area contributed by atoms with Crippen molar-refractivity contribution in [2.45, 2.75) is 25.7 Å². The fourth-order valence-electron chi connectivity index (χ4n) is 2.52. The van der Waals surface area contributed by atoms with E-state index >= 15 is 0 Å². The van der Waals surface area contributed by atoms with E-state index in [0.29, 0.717) is 25.9 Å². The van der Waals surface area contributed by atoms with Crippen molar-refractivity contribution in [1.82, 2.24) is 10.6 Å². The molecule has 0 bridgehead atoms. The van der Waals surface area contributed by atoms with Gasteiger partial charge in [0, 0.05) is 24.9 Å². The van der Waals surface area contributed by atoms with Gasteiger partial charge >= 0.3 is 0 Å². The van der Waals surface area contributed by atoms with Crippen LogP contribution in [0.3, 0.4) is 0 Å². The summed E-state index contributed by atoms with van der Waals surface area (Å²) in [6.45, 7) is 2.59. The van der Waals surface area contributed by atoms with Gasteiger partial charge in [-0.15, -0.1) is 11.3 Å². The fraction of sp³-hybridized carbons (Fsp3) is 0.368. The molecule has 0 spiro atoms. The number of ether oxygens (including phenoxy) is 1. The van der Waals surface area contributed by atoms with Gasteiger partial charge in [0.2, 0.25) is 11.8 Å². The van der Waals surface area contributed by atoms with Gasteiger partial charge in [-0.2, -0.15) is 0 Å². The molecule has 134 valence electrons. The minimum atomic E-state index is -0.245. The molecule has 6 heteroatoms. The lowest BCUT2D eigenvalue weighted by Gasteiger charge is -2.17. The maximum Gasteiger partial charge on any atom is 0.227 e. The third kappa shape index (κ3) is 6.23. The van der Waals surface area contributed by atoms with Gasteiger partial charge in [0.25, 0.3) is 0 Å². The zero-order valence-electron chi connectivity index (χ0n) is 14.6. The fourth-order valence-corrected chi connectivity index (χ4v) is 3.27. The van der Waals surface area contributed by atoms with E-state index < -0.39 is 0 Å². The molecule has 5 nitrogen and oxygen atoms in total. The first-order valence-corrected chi connectivity index (χ1v) is 9.16. The Kier molecular flexibility index (Phi) is 7.47. The first-order chi connectivity index (χ1) is 12.1. The number of thiophene rings is 1. The lowest BCUT2D eigenvalue weighted by atomic mass is 9.94. The zero-order chi connectivity index (χ0) is 18.1. The smallest absolute Gasteiger partial charge is 0.227 e. The average molecular weight is 360 g/mol. The summed E-state index contributed by atoms with van der Waals surface area (Å²) in [6, 6.07) is 11.7. The van der Waals surface area contributed by atoms with Gasteiger partial charge < -0.3 is 15.4 Å². The molecule has 2 N–H and O–H groups in total. The predicted octanol–water partition coefficient (Wildman–Crippen LogP) is 2.73. The summed E-state index contributed by atoms with van der Waals surface area (Å²) in [4.78, 5) is 24.7. The van der Waals surface area contributed by atoms with Crippen molar-refractivity contribution in [3.8, 4) is 5.75 Å². The summed E-state index contributed by atoms with van der Waals surface area (Å²) < 4.78 is 5.19. The van der Waals surface area contributed by atoms with Crippen LogP contribution in [-0.4, -0.2) is 32.0 Å². The number of amides is 2. The molecular weight excluding hydrogens is 336 g/mol. The number of hydrogen-bond acceptors (Lipinski definition) is 4. The summed E-state index contributed by atoms with van der Waals surface area (Å²) >= 11 is 1.65. The second-order valence-electron chi connectivity index (χ2n) is 5.74. The van der Waals surface area contributed by atoms with Crippen molar-refractivity contribution in [3.05, 3.63) is 52.2 Å². The predicted molar refractivity (Wildman–Crippen MR) is 100 cm³/mol. The van der Waals surface area contributed by atoms with Crippen LogP contribution in [0.15, 0.2) is 41.8 Å². The van der Waals surface area contributed by atoms with Crippen LogP contribution in [0, 0.1) is 0 Å².